The second-order valence-corrected chi connectivity index (χ2v) is 3.82. The number of halogens is 1. The number of benzene rings is 1. The topological polar surface area (TPSA) is 3.24 Å². The predicted octanol–water partition coefficient (Wildman–Crippen LogP) is 3.50. The Morgan fingerprint density at radius 3 is 2.50 bits per heavy atom. The summed E-state index contributed by atoms with van der Waals surface area (Å²) in [5.41, 5.74) is 3.06. The Balaban J connectivity index is 0.00000128. The van der Waals surface area contributed by atoms with Gasteiger partial charge in [-0.2, -0.15) is 12.2 Å². The first-order valence-electron chi connectivity index (χ1n) is 4.67. The van der Waals surface area contributed by atoms with Gasteiger partial charge in [0, 0.05) is 44.8 Å². The predicted molar refractivity (Wildman–Crippen MR) is 64.1 cm³/mol. The van der Waals surface area contributed by atoms with E-state index in [0.717, 1.165) is 22.0 Å². The van der Waals surface area contributed by atoms with E-state index in [1.165, 1.54) is 0 Å². The molecule has 0 aromatic heterocycles. The Hall–Kier alpha value is -0.366. The van der Waals surface area contributed by atoms with Gasteiger partial charge in [-0.1, -0.05) is 41.6 Å². The monoisotopic (exact) mass is 305 g/mol. The fourth-order valence-corrected chi connectivity index (χ4v) is 1.58. The summed E-state index contributed by atoms with van der Waals surface area (Å²) in [5, 5.41) is 0.743. The molecule has 1 aliphatic rings. The molecule has 1 radical (unpaired) electrons. The van der Waals surface area contributed by atoms with Crippen LogP contribution in [0.25, 0.3) is 5.70 Å². The zero-order valence-corrected chi connectivity index (χ0v) is 12.7. The van der Waals surface area contributed by atoms with Crippen LogP contribution in [0.4, 0.5) is 0 Å². The van der Waals surface area contributed by atoms with E-state index in [-0.39, 0.29) is 32.7 Å². The molecular formula is C13H11ClNY-. The number of allylic oxidation sites excluding steroid dienone is 3. The van der Waals surface area contributed by atoms with Crippen LogP contribution in [0.2, 0.25) is 5.02 Å². The first kappa shape index (κ1) is 13.7. The smallest absolute Gasteiger partial charge is 0.0385 e. The fourth-order valence-electron chi connectivity index (χ4n) is 1.45. The minimum atomic E-state index is 0. The summed E-state index contributed by atoms with van der Waals surface area (Å²) in [7, 11) is 1.97. The van der Waals surface area contributed by atoms with Crippen molar-refractivity contribution in [3.63, 3.8) is 0 Å². The molecule has 16 heavy (non-hydrogen) atoms. The van der Waals surface area contributed by atoms with E-state index in [0.29, 0.717) is 0 Å². The maximum Gasteiger partial charge on any atom is 0.0385 e. The van der Waals surface area contributed by atoms with Crippen molar-refractivity contribution in [2.24, 2.45) is 0 Å². The van der Waals surface area contributed by atoms with Gasteiger partial charge < -0.3 is 4.90 Å². The number of nitrogens with zero attached hydrogens (tertiary/aromatic N) is 1. The van der Waals surface area contributed by atoms with E-state index in [1.807, 2.05) is 48.4 Å². The van der Waals surface area contributed by atoms with E-state index in [1.54, 1.807) is 0 Å². The Kier molecular flexibility index (Phi) is 4.98. The Morgan fingerprint density at radius 1 is 1.25 bits per heavy atom. The second-order valence-electron chi connectivity index (χ2n) is 3.38. The van der Waals surface area contributed by atoms with Crippen molar-refractivity contribution in [1.82, 2.24) is 4.90 Å². The molecule has 0 fully saturated rings. The molecule has 1 heterocycles. The zero-order chi connectivity index (χ0) is 10.8. The van der Waals surface area contributed by atoms with Crippen LogP contribution >= 0.6 is 11.6 Å². The summed E-state index contributed by atoms with van der Waals surface area (Å²) in [6.45, 7) is 3.94. The van der Waals surface area contributed by atoms with Gasteiger partial charge in [0.15, 0.2) is 0 Å². The number of hydrogen-bond acceptors (Lipinski definition) is 1. The van der Waals surface area contributed by atoms with E-state index in [2.05, 4.69) is 12.7 Å². The second kappa shape index (κ2) is 5.81. The van der Waals surface area contributed by atoms with Crippen molar-refractivity contribution in [2.75, 3.05) is 7.05 Å². The normalized spacial score (nSPS) is 14.5. The molecule has 0 saturated heterocycles. The van der Waals surface area contributed by atoms with Crippen LogP contribution in [0.5, 0.6) is 0 Å². The molecule has 0 unspecified atom stereocenters. The van der Waals surface area contributed by atoms with Crippen molar-refractivity contribution < 1.29 is 32.7 Å². The van der Waals surface area contributed by atoms with Crippen molar-refractivity contribution in [1.29, 1.82) is 0 Å². The summed E-state index contributed by atoms with van der Waals surface area (Å²) in [4.78, 5) is 2.00. The summed E-state index contributed by atoms with van der Waals surface area (Å²) < 4.78 is 0. The van der Waals surface area contributed by atoms with Gasteiger partial charge in [-0.15, -0.1) is 18.2 Å². The molecule has 79 valence electrons. The Labute approximate surface area is 126 Å². The number of likely N-dealkylation sites (N-methyl/N-ethyl adjacent to an activating group) is 1. The molecule has 1 aliphatic heterocycles. The molecule has 0 aliphatic carbocycles. The molecule has 0 atom stereocenters. The van der Waals surface area contributed by atoms with Gasteiger partial charge in [-0.3, -0.25) is 0 Å². The molecule has 1 aromatic rings. The van der Waals surface area contributed by atoms with Crippen LogP contribution in [-0.4, -0.2) is 11.9 Å². The molecule has 3 heteroatoms. The molecular weight excluding hydrogens is 295 g/mol. The van der Waals surface area contributed by atoms with E-state index >= 15 is 0 Å². The van der Waals surface area contributed by atoms with Crippen LogP contribution in [-0.2, 0) is 32.7 Å². The largest absolute Gasteiger partial charge is 0.379 e. The molecule has 1 nitrogen and oxygen atoms in total. The third kappa shape index (κ3) is 2.85. The standard InChI is InChI=1S/C13H11ClN.Y/c1-10-4-3-5-13(15(10)2)11-6-8-12(14)9-7-11;/h3-4,6-9H,1H2,2H3;/q-1;. The molecule has 1 aromatic carbocycles. The molecule has 0 bridgehead atoms. The maximum absolute atomic E-state index is 5.84. The minimum absolute atomic E-state index is 0. The van der Waals surface area contributed by atoms with Crippen LogP contribution in [0, 0.1) is 6.08 Å². The van der Waals surface area contributed by atoms with Crippen LogP contribution in [0.3, 0.4) is 0 Å². The van der Waals surface area contributed by atoms with Crippen molar-refractivity contribution in [2.45, 2.75) is 0 Å². The third-order valence-corrected chi connectivity index (χ3v) is 2.63. The van der Waals surface area contributed by atoms with Gasteiger partial charge in [0.05, 0.1) is 0 Å². The van der Waals surface area contributed by atoms with Gasteiger partial charge in [0.25, 0.3) is 0 Å². The van der Waals surface area contributed by atoms with Gasteiger partial charge in [-0.25, -0.2) is 0 Å². The molecule has 0 N–H and O–H groups in total. The minimum Gasteiger partial charge on any atom is -0.379 e. The van der Waals surface area contributed by atoms with E-state index < -0.39 is 0 Å². The third-order valence-electron chi connectivity index (χ3n) is 2.38. The number of hydrogen-bond donors (Lipinski definition) is 0. The average molecular weight is 306 g/mol. The van der Waals surface area contributed by atoms with Gasteiger partial charge in [-0.05, 0) is 5.70 Å². The molecule has 0 amide bonds. The van der Waals surface area contributed by atoms with Gasteiger partial charge >= 0.3 is 0 Å². The molecule has 0 saturated carbocycles. The molecule has 2 rings (SSSR count). The first-order chi connectivity index (χ1) is 7.18. The fraction of sp³-hybridized carbons (Fsp3) is 0.0769. The average Bonchev–Trinajstić information content (AvgIpc) is 2.24. The zero-order valence-electron chi connectivity index (χ0n) is 9.07. The van der Waals surface area contributed by atoms with Gasteiger partial charge in [0.2, 0.25) is 0 Å². The Morgan fingerprint density at radius 2 is 1.88 bits per heavy atom. The van der Waals surface area contributed by atoms with Crippen molar-refractivity contribution in [3.05, 3.63) is 65.4 Å². The van der Waals surface area contributed by atoms with E-state index in [9.17, 15) is 0 Å². The van der Waals surface area contributed by atoms with Crippen molar-refractivity contribution >= 4 is 17.3 Å². The van der Waals surface area contributed by atoms with Crippen LogP contribution in [0.15, 0.2) is 48.7 Å². The summed E-state index contributed by atoms with van der Waals surface area (Å²) in [5.74, 6) is 0. The Bertz CT molecular complexity index is 446. The maximum atomic E-state index is 5.84. The first-order valence-corrected chi connectivity index (χ1v) is 5.05. The summed E-state index contributed by atoms with van der Waals surface area (Å²) >= 11 is 5.84. The quantitative estimate of drug-likeness (QED) is 0.718. The summed E-state index contributed by atoms with van der Waals surface area (Å²) in [6, 6.07) is 7.71. The molecule has 0 spiro atoms. The van der Waals surface area contributed by atoms with Gasteiger partial charge in [0.1, 0.15) is 0 Å². The van der Waals surface area contributed by atoms with Crippen molar-refractivity contribution in [3.8, 4) is 0 Å². The SMILES string of the molecule is C=C1C=C[C-]=C(c2ccc(Cl)cc2)N1C.[Y]. The van der Waals surface area contributed by atoms with E-state index in [4.69, 9.17) is 11.6 Å². The number of rotatable bonds is 1. The van der Waals surface area contributed by atoms with Crippen LogP contribution in [0.1, 0.15) is 5.56 Å². The summed E-state index contributed by atoms with van der Waals surface area (Å²) in [6.07, 6.45) is 7.00. The van der Waals surface area contributed by atoms with Crippen LogP contribution < -0.4 is 0 Å².